The van der Waals surface area contributed by atoms with E-state index in [2.05, 4.69) is 26.3 Å². The van der Waals surface area contributed by atoms with Gasteiger partial charge in [0.25, 0.3) is 0 Å². The average Bonchev–Trinajstić information content (AvgIpc) is 3.40. The summed E-state index contributed by atoms with van der Waals surface area (Å²) < 4.78 is 16.1. The predicted molar refractivity (Wildman–Crippen MR) is 157 cm³/mol. The Morgan fingerprint density at radius 2 is 1.87 bits per heavy atom. The number of pyridine rings is 1. The van der Waals surface area contributed by atoms with E-state index in [-0.39, 0.29) is 30.1 Å². The van der Waals surface area contributed by atoms with Gasteiger partial charge in [0.15, 0.2) is 5.11 Å². The number of amides is 1. The second-order valence-electron chi connectivity index (χ2n) is 9.33. The summed E-state index contributed by atoms with van der Waals surface area (Å²) in [5, 5.41) is 7.53. The normalized spacial score (nSPS) is 16.8. The molecule has 5 rings (SSSR count). The van der Waals surface area contributed by atoms with Crippen LogP contribution in [0.3, 0.4) is 0 Å². The van der Waals surface area contributed by atoms with Crippen molar-refractivity contribution in [2.45, 2.75) is 32.4 Å². The first-order valence-electron chi connectivity index (χ1n) is 12.4. The van der Waals surface area contributed by atoms with Crippen molar-refractivity contribution in [3.05, 3.63) is 111 Å². The van der Waals surface area contributed by atoms with Crippen LogP contribution >= 0.6 is 35.4 Å². The van der Waals surface area contributed by atoms with Crippen LogP contribution in [0, 0.1) is 19.7 Å². The van der Waals surface area contributed by atoms with Gasteiger partial charge >= 0.3 is 0 Å². The van der Waals surface area contributed by atoms with Gasteiger partial charge in [0.2, 0.25) is 5.91 Å². The van der Waals surface area contributed by atoms with Gasteiger partial charge in [0, 0.05) is 30.6 Å². The van der Waals surface area contributed by atoms with E-state index in [0.717, 1.165) is 28.3 Å². The number of carbonyl (C=O) groups excluding carboxylic acids is 1. The summed E-state index contributed by atoms with van der Waals surface area (Å²) in [5.74, 6) is -0.788. The smallest absolute Gasteiger partial charge is 0.226 e. The Morgan fingerprint density at radius 3 is 2.62 bits per heavy atom. The third-order valence-corrected chi connectivity index (χ3v) is 8.05. The van der Waals surface area contributed by atoms with E-state index in [4.69, 9.17) is 35.4 Å². The first kappa shape index (κ1) is 27.1. The van der Waals surface area contributed by atoms with Crippen molar-refractivity contribution in [3.8, 4) is 5.69 Å². The van der Waals surface area contributed by atoms with Crippen LogP contribution in [0.15, 0.2) is 72.9 Å². The lowest BCUT2D eigenvalue weighted by Gasteiger charge is -2.28. The average molecular weight is 583 g/mol. The molecule has 0 spiro atoms. The van der Waals surface area contributed by atoms with Crippen molar-refractivity contribution >= 4 is 52.1 Å². The fraction of sp³-hybridized carbons (Fsp3) is 0.207. The van der Waals surface area contributed by atoms with Crippen molar-refractivity contribution in [3.63, 3.8) is 0 Å². The second-order valence-corrected chi connectivity index (χ2v) is 10.5. The molecule has 0 bridgehead atoms. The van der Waals surface area contributed by atoms with Gasteiger partial charge in [-0.25, -0.2) is 4.39 Å². The molecule has 1 saturated heterocycles. The van der Waals surface area contributed by atoms with Gasteiger partial charge in [0.05, 0.1) is 39.2 Å². The Labute approximate surface area is 241 Å². The fourth-order valence-corrected chi connectivity index (χ4v) is 5.82. The van der Waals surface area contributed by atoms with Crippen molar-refractivity contribution in [2.75, 3.05) is 11.9 Å². The Balaban J connectivity index is 1.50. The summed E-state index contributed by atoms with van der Waals surface area (Å²) in [4.78, 5) is 19.4. The van der Waals surface area contributed by atoms with Crippen LogP contribution in [0.2, 0.25) is 10.0 Å². The molecule has 0 aliphatic carbocycles. The van der Waals surface area contributed by atoms with E-state index in [1.54, 1.807) is 24.4 Å². The number of halogens is 3. The lowest BCUT2D eigenvalue weighted by atomic mass is 9.96. The van der Waals surface area contributed by atoms with Gasteiger partial charge in [-0.3, -0.25) is 9.78 Å². The topological polar surface area (TPSA) is 62.2 Å². The van der Waals surface area contributed by atoms with E-state index in [1.165, 1.54) is 12.1 Å². The van der Waals surface area contributed by atoms with Crippen LogP contribution in [0.5, 0.6) is 0 Å². The van der Waals surface area contributed by atoms with Gasteiger partial charge in [-0.15, -0.1) is 0 Å². The molecule has 0 unspecified atom stereocenters. The molecule has 1 aliphatic rings. The van der Waals surface area contributed by atoms with Crippen molar-refractivity contribution in [1.82, 2.24) is 19.8 Å². The Bertz CT molecular complexity index is 1540. The summed E-state index contributed by atoms with van der Waals surface area (Å²) in [7, 11) is 0. The number of hydrogen-bond acceptors (Lipinski definition) is 3. The molecule has 2 N–H and O–H groups in total. The highest BCUT2D eigenvalue weighted by Gasteiger charge is 2.41. The summed E-state index contributed by atoms with van der Waals surface area (Å²) in [5.41, 5.74) is 4.71. The van der Waals surface area contributed by atoms with Crippen LogP contribution in [-0.4, -0.2) is 32.0 Å². The van der Waals surface area contributed by atoms with Gasteiger partial charge in [-0.05, 0) is 74.1 Å². The number of nitrogens with zero attached hydrogens (tertiary/aromatic N) is 3. The fourth-order valence-electron chi connectivity index (χ4n) is 5.10. The highest BCUT2D eigenvalue weighted by atomic mass is 35.5. The highest BCUT2D eigenvalue weighted by molar-refractivity contribution is 7.80. The third-order valence-electron chi connectivity index (χ3n) is 6.89. The molecule has 6 nitrogen and oxygen atoms in total. The minimum atomic E-state index is -0.482. The number of benzene rings is 2. The van der Waals surface area contributed by atoms with E-state index >= 15 is 0 Å². The number of hydrogen-bond donors (Lipinski definition) is 2. The van der Waals surface area contributed by atoms with Crippen molar-refractivity contribution < 1.29 is 9.18 Å². The highest BCUT2D eigenvalue weighted by Crippen LogP contribution is 2.42. The maximum Gasteiger partial charge on any atom is 0.226 e. The second kappa shape index (κ2) is 11.3. The summed E-state index contributed by atoms with van der Waals surface area (Å²) in [6.07, 6.45) is 1.86. The standard InChI is InChI=1S/C29H26Cl2FN5OS/c1-17-16-19(18(2)37(17)24-12-7-8-20(30)26(24)31)28-27(23-11-5-6-14-33-23)35-29(39)36(28)15-13-25(38)34-22-10-4-3-9-21(22)32/h3-12,14,16,27-28H,13,15H2,1-2H3,(H,34,38)(H,35,39)/t27-,28-/m0/s1. The molecular formula is C29H26Cl2FN5OS. The van der Waals surface area contributed by atoms with Crippen LogP contribution < -0.4 is 10.6 Å². The minimum Gasteiger partial charge on any atom is -0.352 e. The van der Waals surface area contributed by atoms with Gasteiger partial charge in [0.1, 0.15) is 5.82 Å². The van der Waals surface area contributed by atoms with E-state index in [1.807, 2.05) is 49.1 Å². The first-order chi connectivity index (χ1) is 18.8. The Kier molecular flexibility index (Phi) is 7.88. The van der Waals surface area contributed by atoms with Crippen LogP contribution in [0.4, 0.5) is 10.1 Å². The molecule has 39 heavy (non-hydrogen) atoms. The zero-order chi connectivity index (χ0) is 27.7. The molecule has 2 aromatic carbocycles. The third kappa shape index (κ3) is 5.37. The minimum absolute atomic E-state index is 0.112. The maximum absolute atomic E-state index is 14.1. The Hall–Kier alpha value is -3.46. The molecule has 1 aliphatic heterocycles. The largest absolute Gasteiger partial charge is 0.352 e. The monoisotopic (exact) mass is 581 g/mol. The molecule has 1 fully saturated rings. The lowest BCUT2D eigenvalue weighted by Crippen LogP contribution is -2.33. The molecule has 200 valence electrons. The molecule has 4 aromatic rings. The van der Waals surface area contributed by atoms with Crippen molar-refractivity contribution in [2.24, 2.45) is 0 Å². The molecule has 2 atom stereocenters. The molecule has 10 heteroatoms. The number of aryl methyl sites for hydroxylation is 1. The van der Waals surface area contributed by atoms with Crippen LogP contribution in [0.25, 0.3) is 5.69 Å². The first-order valence-corrected chi connectivity index (χ1v) is 13.6. The van der Waals surface area contributed by atoms with Crippen molar-refractivity contribution in [1.29, 1.82) is 0 Å². The summed E-state index contributed by atoms with van der Waals surface area (Å²) in [6, 6.07) is 19.0. The molecular weight excluding hydrogens is 556 g/mol. The molecule has 2 aromatic heterocycles. The van der Waals surface area contributed by atoms with Crippen LogP contribution in [-0.2, 0) is 4.79 Å². The lowest BCUT2D eigenvalue weighted by molar-refractivity contribution is -0.116. The predicted octanol–water partition coefficient (Wildman–Crippen LogP) is 6.94. The number of nitrogens with one attached hydrogen (secondary N) is 2. The maximum atomic E-state index is 14.1. The number of anilines is 1. The van der Waals surface area contributed by atoms with Crippen LogP contribution in [0.1, 0.15) is 41.1 Å². The molecule has 1 amide bonds. The number of aromatic nitrogens is 2. The Morgan fingerprint density at radius 1 is 1.10 bits per heavy atom. The zero-order valence-corrected chi connectivity index (χ0v) is 23.6. The number of carbonyl (C=O) groups is 1. The molecule has 0 saturated carbocycles. The quantitative estimate of drug-likeness (QED) is 0.231. The van der Waals surface area contributed by atoms with E-state index < -0.39 is 5.82 Å². The van der Waals surface area contributed by atoms with Gasteiger partial charge < -0.3 is 20.1 Å². The van der Waals surface area contributed by atoms with Gasteiger partial charge in [-0.2, -0.15) is 0 Å². The van der Waals surface area contributed by atoms with Gasteiger partial charge in [-0.1, -0.05) is 47.5 Å². The summed E-state index contributed by atoms with van der Waals surface area (Å²) >= 11 is 18.7. The SMILES string of the molecule is Cc1cc([C@H]2[C@H](c3ccccn3)NC(=S)N2CCC(=O)Nc2ccccc2F)c(C)n1-c1cccc(Cl)c1Cl. The molecule has 3 heterocycles. The van der Waals surface area contributed by atoms with E-state index in [9.17, 15) is 9.18 Å². The van der Waals surface area contributed by atoms with E-state index in [0.29, 0.717) is 21.7 Å². The number of para-hydroxylation sites is 1. The zero-order valence-electron chi connectivity index (χ0n) is 21.3. The molecule has 0 radical (unpaired) electrons. The number of rotatable bonds is 7. The summed E-state index contributed by atoms with van der Waals surface area (Å²) in [6.45, 7) is 4.36. The number of thiocarbonyl (C=S) groups is 1.